The summed E-state index contributed by atoms with van der Waals surface area (Å²) in [7, 11) is 0. The van der Waals surface area contributed by atoms with Crippen molar-refractivity contribution in [2.75, 3.05) is 0 Å². The zero-order valence-corrected chi connectivity index (χ0v) is 15.3. The van der Waals surface area contributed by atoms with Gasteiger partial charge in [-0.15, -0.1) is 0 Å². The van der Waals surface area contributed by atoms with Crippen LogP contribution < -0.4 is 5.43 Å². The SMILES string of the molecule is CC(=NNC(=O)c1cc(-c2ccccc2)nc2ccccc12)c1ccncc1. The molecule has 0 bridgehead atoms. The van der Waals surface area contributed by atoms with Gasteiger partial charge in [-0.1, -0.05) is 48.5 Å². The molecule has 0 saturated carbocycles. The number of fused-ring (bicyclic) bond motifs is 1. The van der Waals surface area contributed by atoms with Crippen LogP contribution in [0.25, 0.3) is 22.2 Å². The topological polar surface area (TPSA) is 67.2 Å². The van der Waals surface area contributed by atoms with Crippen LogP contribution in [0.15, 0.2) is 90.3 Å². The van der Waals surface area contributed by atoms with E-state index >= 15 is 0 Å². The number of hydrogen-bond acceptors (Lipinski definition) is 4. The van der Waals surface area contributed by atoms with Crippen molar-refractivity contribution in [1.29, 1.82) is 0 Å². The highest BCUT2D eigenvalue weighted by atomic mass is 16.2. The van der Waals surface area contributed by atoms with E-state index < -0.39 is 0 Å². The smallest absolute Gasteiger partial charge is 0.267 e. The van der Waals surface area contributed by atoms with Crippen LogP contribution in [0.3, 0.4) is 0 Å². The number of carbonyl (C=O) groups excluding carboxylic acids is 1. The standard InChI is InChI=1S/C23H18N4O/c1-16(17-11-13-24-14-12-17)26-27-23(28)20-15-22(18-7-3-2-4-8-18)25-21-10-6-5-9-19(20)21/h2-15H,1H3,(H,27,28). The molecular formula is C23H18N4O. The zero-order chi connectivity index (χ0) is 19.3. The summed E-state index contributed by atoms with van der Waals surface area (Å²) in [6.45, 7) is 1.84. The first-order valence-electron chi connectivity index (χ1n) is 8.92. The number of hydrogen-bond donors (Lipinski definition) is 1. The Balaban J connectivity index is 1.72. The fourth-order valence-corrected chi connectivity index (χ4v) is 2.97. The third kappa shape index (κ3) is 3.64. The minimum atomic E-state index is -0.274. The molecule has 1 amide bonds. The molecule has 1 N–H and O–H groups in total. The summed E-state index contributed by atoms with van der Waals surface area (Å²) in [5.41, 5.74) is 7.29. The molecule has 2 aromatic heterocycles. The summed E-state index contributed by atoms with van der Waals surface area (Å²) in [5.74, 6) is -0.274. The number of carbonyl (C=O) groups is 1. The van der Waals surface area contributed by atoms with Gasteiger partial charge in [0.15, 0.2) is 0 Å². The first kappa shape index (κ1) is 17.5. The van der Waals surface area contributed by atoms with Crippen LogP contribution in [0, 0.1) is 0 Å². The Morgan fingerprint density at radius 1 is 0.929 bits per heavy atom. The van der Waals surface area contributed by atoms with Crippen molar-refractivity contribution in [3.8, 4) is 11.3 Å². The maximum absolute atomic E-state index is 12.9. The maximum Gasteiger partial charge on any atom is 0.272 e. The van der Waals surface area contributed by atoms with Gasteiger partial charge in [0.1, 0.15) is 0 Å². The molecule has 4 rings (SSSR count). The Morgan fingerprint density at radius 2 is 1.64 bits per heavy atom. The molecule has 0 aliphatic carbocycles. The fourth-order valence-electron chi connectivity index (χ4n) is 2.97. The number of rotatable bonds is 4. The van der Waals surface area contributed by atoms with Crippen molar-refractivity contribution in [3.63, 3.8) is 0 Å². The molecule has 4 aromatic rings. The number of amides is 1. The number of nitrogens with one attached hydrogen (secondary N) is 1. The van der Waals surface area contributed by atoms with E-state index in [0.717, 1.165) is 27.7 Å². The molecule has 5 nitrogen and oxygen atoms in total. The van der Waals surface area contributed by atoms with Crippen molar-refractivity contribution < 1.29 is 4.79 Å². The van der Waals surface area contributed by atoms with Gasteiger partial charge in [0.25, 0.3) is 5.91 Å². The number of nitrogens with zero attached hydrogens (tertiary/aromatic N) is 3. The van der Waals surface area contributed by atoms with Gasteiger partial charge in [-0.25, -0.2) is 10.4 Å². The fraction of sp³-hybridized carbons (Fsp3) is 0.0435. The molecule has 2 heterocycles. The van der Waals surface area contributed by atoms with Gasteiger partial charge in [-0.3, -0.25) is 9.78 Å². The lowest BCUT2D eigenvalue weighted by Crippen LogP contribution is -2.20. The van der Waals surface area contributed by atoms with Crippen molar-refractivity contribution in [1.82, 2.24) is 15.4 Å². The lowest BCUT2D eigenvalue weighted by Gasteiger charge is -2.09. The highest BCUT2D eigenvalue weighted by Crippen LogP contribution is 2.24. The zero-order valence-electron chi connectivity index (χ0n) is 15.3. The highest BCUT2D eigenvalue weighted by Gasteiger charge is 2.13. The third-order valence-corrected chi connectivity index (χ3v) is 4.45. The maximum atomic E-state index is 12.9. The normalized spacial score (nSPS) is 11.4. The Morgan fingerprint density at radius 3 is 2.43 bits per heavy atom. The van der Waals surface area contributed by atoms with E-state index in [-0.39, 0.29) is 5.91 Å². The summed E-state index contributed by atoms with van der Waals surface area (Å²) in [5, 5.41) is 5.04. The Kier molecular flexibility index (Phi) is 4.89. The molecular weight excluding hydrogens is 348 g/mol. The molecule has 5 heteroatoms. The summed E-state index contributed by atoms with van der Waals surface area (Å²) in [6, 6.07) is 22.9. The first-order valence-corrected chi connectivity index (χ1v) is 8.92. The van der Waals surface area contributed by atoms with Crippen molar-refractivity contribution in [2.45, 2.75) is 6.92 Å². The van der Waals surface area contributed by atoms with E-state index in [9.17, 15) is 4.79 Å². The average Bonchev–Trinajstić information content (AvgIpc) is 2.77. The summed E-state index contributed by atoms with van der Waals surface area (Å²) in [6.07, 6.45) is 3.39. The number of pyridine rings is 2. The van der Waals surface area contributed by atoms with E-state index in [2.05, 4.69) is 15.5 Å². The summed E-state index contributed by atoms with van der Waals surface area (Å²) >= 11 is 0. The molecule has 2 aromatic carbocycles. The van der Waals surface area contributed by atoms with Crippen LogP contribution in [0.1, 0.15) is 22.8 Å². The number of hydrazone groups is 1. The van der Waals surface area contributed by atoms with Crippen LogP contribution in [0.4, 0.5) is 0 Å². The minimum absolute atomic E-state index is 0.274. The molecule has 0 spiro atoms. The largest absolute Gasteiger partial charge is 0.272 e. The lowest BCUT2D eigenvalue weighted by molar-refractivity contribution is 0.0956. The van der Waals surface area contributed by atoms with Gasteiger partial charge in [0.2, 0.25) is 0 Å². The Hall–Kier alpha value is -3.86. The molecule has 0 atom stereocenters. The first-order chi connectivity index (χ1) is 13.7. The second-order valence-corrected chi connectivity index (χ2v) is 6.31. The number of para-hydroxylation sites is 1. The van der Waals surface area contributed by atoms with Gasteiger partial charge in [0.05, 0.1) is 22.5 Å². The molecule has 28 heavy (non-hydrogen) atoms. The van der Waals surface area contributed by atoms with Gasteiger partial charge in [-0.05, 0) is 31.2 Å². The van der Waals surface area contributed by atoms with Crippen molar-refractivity contribution in [2.24, 2.45) is 5.10 Å². The predicted molar refractivity (Wildman–Crippen MR) is 111 cm³/mol. The van der Waals surface area contributed by atoms with Crippen molar-refractivity contribution in [3.05, 3.63) is 96.3 Å². The molecule has 0 aliphatic heterocycles. The summed E-state index contributed by atoms with van der Waals surface area (Å²) < 4.78 is 0. The molecule has 0 saturated heterocycles. The second-order valence-electron chi connectivity index (χ2n) is 6.31. The van der Waals surface area contributed by atoms with Gasteiger partial charge in [-0.2, -0.15) is 5.10 Å². The van der Waals surface area contributed by atoms with Crippen LogP contribution in [-0.2, 0) is 0 Å². The van der Waals surface area contributed by atoms with Gasteiger partial charge >= 0.3 is 0 Å². The molecule has 0 radical (unpaired) electrons. The predicted octanol–water partition coefficient (Wildman–Crippen LogP) is 4.45. The Bertz CT molecular complexity index is 1160. The number of benzene rings is 2. The van der Waals surface area contributed by atoms with E-state index in [1.165, 1.54) is 0 Å². The number of aromatic nitrogens is 2. The highest BCUT2D eigenvalue weighted by molar-refractivity contribution is 6.08. The van der Waals surface area contributed by atoms with Crippen LogP contribution >= 0.6 is 0 Å². The quantitative estimate of drug-likeness (QED) is 0.429. The van der Waals surface area contributed by atoms with E-state index in [1.54, 1.807) is 12.4 Å². The van der Waals surface area contributed by atoms with Crippen LogP contribution in [0.5, 0.6) is 0 Å². The third-order valence-electron chi connectivity index (χ3n) is 4.45. The van der Waals surface area contributed by atoms with E-state index in [1.807, 2.05) is 79.7 Å². The van der Waals surface area contributed by atoms with Crippen molar-refractivity contribution >= 4 is 22.5 Å². The lowest BCUT2D eigenvalue weighted by atomic mass is 10.0. The van der Waals surface area contributed by atoms with Gasteiger partial charge < -0.3 is 0 Å². The second kappa shape index (κ2) is 7.80. The van der Waals surface area contributed by atoms with E-state index in [0.29, 0.717) is 11.3 Å². The average molecular weight is 366 g/mol. The molecule has 0 aliphatic rings. The van der Waals surface area contributed by atoms with Crippen LogP contribution in [0.2, 0.25) is 0 Å². The molecule has 0 unspecified atom stereocenters. The summed E-state index contributed by atoms with van der Waals surface area (Å²) in [4.78, 5) is 21.6. The molecule has 136 valence electrons. The monoisotopic (exact) mass is 366 g/mol. The van der Waals surface area contributed by atoms with Gasteiger partial charge in [0, 0.05) is 28.9 Å². The van der Waals surface area contributed by atoms with Crippen LogP contribution in [-0.4, -0.2) is 21.6 Å². The van der Waals surface area contributed by atoms with E-state index in [4.69, 9.17) is 4.98 Å². The Labute approximate surface area is 162 Å². The minimum Gasteiger partial charge on any atom is -0.267 e. The molecule has 0 fully saturated rings.